The number of halogens is 1. The molecule has 0 aliphatic carbocycles. The van der Waals surface area contributed by atoms with Gasteiger partial charge in [-0.2, -0.15) is 0 Å². The molecule has 0 spiro atoms. The fourth-order valence-electron chi connectivity index (χ4n) is 2.99. The quantitative estimate of drug-likeness (QED) is 0.411. The van der Waals surface area contributed by atoms with Gasteiger partial charge in [-0.3, -0.25) is 14.3 Å². The van der Waals surface area contributed by atoms with E-state index in [1.54, 1.807) is 43.3 Å². The molecule has 0 radical (unpaired) electrons. The number of hydrogen-bond donors (Lipinski definition) is 3. The maximum atomic E-state index is 12.9. The molecule has 3 aromatic carbocycles. The van der Waals surface area contributed by atoms with Crippen LogP contribution in [0.15, 0.2) is 77.7 Å². The summed E-state index contributed by atoms with van der Waals surface area (Å²) in [6.45, 7) is 2.04. The highest BCUT2D eigenvalue weighted by Crippen LogP contribution is 2.23. The Bertz CT molecular complexity index is 1230. The molecule has 3 rings (SSSR count). The maximum Gasteiger partial charge on any atom is 0.261 e. The number of carbonyl (C=O) groups excluding carboxylic acids is 2. The molecule has 7 nitrogen and oxygen atoms in total. The van der Waals surface area contributed by atoms with Gasteiger partial charge in [0.05, 0.1) is 10.6 Å². The molecule has 2 amide bonds. The minimum Gasteiger partial charge on any atom is -0.352 e. The predicted molar refractivity (Wildman–Crippen MR) is 125 cm³/mol. The smallest absolute Gasteiger partial charge is 0.261 e. The lowest BCUT2D eigenvalue weighted by molar-refractivity contribution is -0.116. The van der Waals surface area contributed by atoms with Crippen molar-refractivity contribution in [1.29, 1.82) is 0 Å². The Hall–Kier alpha value is -3.72. The van der Waals surface area contributed by atoms with Crippen LogP contribution in [0.25, 0.3) is 0 Å². The number of anilines is 2. The summed E-state index contributed by atoms with van der Waals surface area (Å²) in [5.74, 6) is -1.04. The zero-order valence-electron chi connectivity index (χ0n) is 18.0. The third kappa shape index (κ3) is 6.88. The van der Waals surface area contributed by atoms with Gasteiger partial charge in [-0.15, -0.1) is 0 Å². The van der Waals surface area contributed by atoms with Crippen molar-refractivity contribution < 1.29 is 22.4 Å². The molecule has 0 heterocycles. The number of nitrogens with one attached hydrogen (secondary N) is 3. The van der Waals surface area contributed by atoms with Gasteiger partial charge in [0, 0.05) is 24.2 Å². The Labute approximate surface area is 192 Å². The van der Waals surface area contributed by atoms with Gasteiger partial charge in [-0.1, -0.05) is 24.3 Å². The summed E-state index contributed by atoms with van der Waals surface area (Å²) in [5, 5.41) is 5.41. The lowest BCUT2D eigenvalue weighted by Gasteiger charge is -2.13. The molecule has 3 N–H and O–H groups in total. The van der Waals surface area contributed by atoms with Crippen LogP contribution >= 0.6 is 0 Å². The minimum atomic E-state index is -3.76. The molecular formula is C24H24FN3O4S. The molecule has 0 aliphatic heterocycles. The molecule has 0 saturated heterocycles. The van der Waals surface area contributed by atoms with E-state index in [-0.39, 0.29) is 29.7 Å². The Kier molecular flexibility index (Phi) is 7.78. The normalized spacial score (nSPS) is 11.0. The fraction of sp³-hybridized carbons (Fsp3) is 0.167. The molecule has 0 bridgehead atoms. The van der Waals surface area contributed by atoms with Gasteiger partial charge in [0.2, 0.25) is 5.91 Å². The lowest BCUT2D eigenvalue weighted by Crippen LogP contribution is -2.25. The molecule has 33 heavy (non-hydrogen) atoms. The van der Waals surface area contributed by atoms with Crippen molar-refractivity contribution in [2.75, 3.05) is 16.6 Å². The Morgan fingerprint density at radius 1 is 0.939 bits per heavy atom. The average Bonchev–Trinajstić information content (AvgIpc) is 2.80. The van der Waals surface area contributed by atoms with E-state index in [0.717, 1.165) is 0 Å². The molecule has 0 unspecified atom stereocenters. The van der Waals surface area contributed by atoms with E-state index in [1.807, 2.05) is 0 Å². The molecule has 0 saturated carbocycles. The molecule has 0 fully saturated rings. The SMILES string of the molecule is Cc1ccc(NC(=O)CCCNC(=O)c2ccc(F)cc2)cc1NS(=O)(=O)c1ccccc1. The van der Waals surface area contributed by atoms with E-state index in [0.29, 0.717) is 28.9 Å². The van der Waals surface area contributed by atoms with Crippen molar-refractivity contribution in [1.82, 2.24) is 5.32 Å². The number of sulfonamides is 1. The summed E-state index contributed by atoms with van der Waals surface area (Å²) in [6.07, 6.45) is 0.556. The minimum absolute atomic E-state index is 0.140. The van der Waals surface area contributed by atoms with Crippen LogP contribution < -0.4 is 15.4 Å². The van der Waals surface area contributed by atoms with Crippen LogP contribution in [-0.2, 0) is 14.8 Å². The third-order valence-corrected chi connectivity index (χ3v) is 6.17. The fourth-order valence-corrected chi connectivity index (χ4v) is 4.13. The first-order valence-electron chi connectivity index (χ1n) is 10.3. The third-order valence-electron chi connectivity index (χ3n) is 4.79. The average molecular weight is 470 g/mol. The van der Waals surface area contributed by atoms with E-state index in [2.05, 4.69) is 15.4 Å². The van der Waals surface area contributed by atoms with E-state index < -0.39 is 15.8 Å². The van der Waals surface area contributed by atoms with Gasteiger partial charge in [-0.05, 0) is 67.4 Å². The maximum absolute atomic E-state index is 12.9. The van der Waals surface area contributed by atoms with Gasteiger partial charge in [0.15, 0.2) is 0 Å². The summed E-state index contributed by atoms with van der Waals surface area (Å²) >= 11 is 0. The molecule has 0 aromatic heterocycles. The molecule has 0 aliphatic rings. The van der Waals surface area contributed by atoms with Crippen LogP contribution in [0.4, 0.5) is 15.8 Å². The molecule has 172 valence electrons. The van der Waals surface area contributed by atoms with Gasteiger partial charge in [0.25, 0.3) is 15.9 Å². The van der Waals surface area contributed by atoms with E-state index in [1.165, 1.54) is 36.4 Å². The zero-order valence-corrected chi connectivity index (χ0v) is 18.8. The predicted octanol–water partition coefficient (Wildman–Crippen LogP) is 4.08. The van der Waals surface area contributed by atoms with Crippen LogP contribution in [-0.4, -0.2) is 26.8 Å². The second-order valence-electron chi connectivity index (χ2n) is 7.36. The Morgan fingerprint density at radius 2 is 1.64 bits per heavy atom. The number of benzene rings is 3. The van der Waals surface area contributed by atoms with Crippen molar-refractivity contribution in [3.05, 3.63) is 89.7 Å². The first kappa shape index (κ1) is 23.9. The van der Waals surface area contributed by atoms with Gasteiger partial charge >= 0.3 is 0 Å². The van der Waals surface area contributed by atoms with E-state index in [9.17, 15) is 22.4 Å². The number of rotatable bonds is 9. The largest absolute Gasteiger partial charge is 0.352 e. The van der Waals surface area contributed by atoms with Crippen LogP contribution in [0.1, 0.15) is 28.8 Å². The van der Waals surface area contributed by atoms with Gasteiger partial charge in [0.1, 0.15) is 5.82 Å². The first-order valence-corrected chi connectivity index (χ1v) is 11.7. The number of aryl methyl sites for hydroxylation is 1. The number of hydrogen-bond acceptors (Lipinski definition) is 4. The number of amides is 2. The molecule has 9 heteroatoms. The van der Waals surface area contributed by atoms with Crippen molar-refractivity contribution >= 4 is 33.2 Å². The summed E-state index contributed by atoms with van der Waals surface area (Å²) in [6, 6.07) is 18.1. The topological polar surface area (TPSA) is 104 Å². The summed E-state index contributed by atoms with van der Waals surface area (Å²) in [5.41, 5.74) is 1.86. The highest BCUT2D eigenvalue weighted by atomic mass is 32.2. The van der Waals surface area contributed by atoms with Crippen molar-refractivity contribution in [3.8, 4) is 0 Å². The van der Waals surface area contributed by atoms with Gasteiger partial charge in [-0.25, -0.2) is 12.8 Å². The van der Waals surface area contributed by atoms with Crippen LogP contribution in [0.5, 0.6) is 0 Å². The van der Waals surface area contributed by atoms with E-state index >= 15 is 0 Å². The zero-order chi connectivity index (χ0) is 23.8. The second kappa shape index (κ2) is 10.7. The number of carbonyl (C=O) groups is 2. The van der Waals surface area contributed by atoms with Crippen molar-refractivity contribution in [2.45, 2.75) is 24.7 Å². The van der Waals surface area contributed by atoms with Crippen LogP contribution in [0, 0.1) is 12.7 Å². The lowest BCUT2D eigenvalue weighted by atomic mass is 10.2. The summed E-state index contributed by atoms with van der Waals surface area (Å²) in [4.78, 5) is 24.4. The van der Waals surface area contributed by atoms with E-state index in [4.69, 9.17) is 0 Å². The first-order chi connectivity index (χ1) is 15.7. The Morgan fingerprint density at radius 3 is 2.33 bits per heavy atom. The molecular weight excluding hydrogens is 445 g/mol. The molecule has 0 atom stereocenters. The summed E-state index contributed by atoms with van der Waals surface area (Å²) < 4.78 is 40.6. The van der Waals surface area contributed by atoms with Crippen LogP contribution in [0.2, 0.25) is 0 Å². The van der Waals surface area contributed by atoms with Crippen molar-refractivity contribution in [3.63, 3.8) is 0 Å². The van der Waals surface area contributed by atoms with Gasteiger partial charge < -0.3 is 10.6 Å². The Balaban J connectivity index is 1.52. The highest BCUT2D eigenvalue weighted by molar-refractivity contribution is 7.92. The van der Waals surface area contributed by atoms with Crippen molar-refractivity contribution in [2.24, 2.45) is 0 Å². The summed E-state index contributed by atoms with van der Waals surface area (Å²) in [7, 11) is -3.76. The van der Waals surface area contributed by atoms with Crippen LogP contribution in [0.3, 0.4) is 0 Å². The standard InChI is InChI=1S/C24H24FN3O4S/c1-17-9-14-20(16-22(17)28-33(31,32)21-6-3-2-4-7-21)27-23(29)8-5-15-26-24(30)18-10-12-19(25)13-11-18/h2-4,6-7,9-14,16,28H,5,8,15H2,1H3,(H,26,30)(H,27,29). The second-order valence-corrected chi connectivity index (χ2v) is 9.05. The molecule has 3 aromatic rings. The highest BCUT2D eigenvalue weighted by Gasteiger charge is 2.15. The monoisotopic (exact) mass is 469 g/mol.